The van der Waals surface area contributed by atoms with Crippen LogP contribution >= 0.6 is 0 Å². The van der Waals surface area contributed by atoms with Crippen molar-refractivity contribution in [2.75, 3.05) is 18.6 Å². The molecule has 0 N–H and O–H groups in total. The summed E-state index contributed by atoms with van der Waals surface area (Å²) in [6.07, 6.45) is 4.80. The zero-order chi connectivity index (χ0) is 20.2. The topological polar surface area (TPSA) is 47.0 Å². The van der Waals surface area contributed by atoms with E-state index in [1.807, 2.05) is 36.5 Å². The smallest absolute Gasteiger partial charge is 0.228 e. The highest BCUT2D eigenvalue weighted by Gasteiger charge is 2.59. The molecule has 1 unspecified atom stereocenters. The predicted molar refractivity (Wildman–Crippen MR) is 117 cm³/mol. The summed E-state index contributed by atoms with van der Waals surface area (Å²) in [6, 6.07) is 14.3. The maximum Gasteiger partial charge on any atom is 0.228 e. The van der Waals surface area contributed by atoms with Gasteiger partial charge in [0.25, 0.3) is 0 Å². The number of hydrogen-bond acceptors (Lipinski definition) is 5. The predicted octanol–water partition coefficient (Wildman–Crippen LogP) is 5.24. The van der Waals surface area contributed by atoms with Crippen LogP contribution in [0.1, 0.15) is 32.8 Å². The molecular formula is C24H25N3O2. The zero-order valence-electron chi connectivity index (χ0n) is 17.3. The van der Waals surface area contributed by atoms with Gasteiger partial charge >= 0.3 is 0 Å². The summed E-state index contributed by atoms with van der Waals surface area (Å²) in [5.41, 5.74) is 3.14. The van der Waals surface area contributed by atoms with Gasteiger partial charge in [-0.3, -0.25) is 9.98 Å². The number of methoxy groups -OCH3 is 1. The van der Waals surface area contributed by atoms with E-state index in [0.717, 1.165) is 41.1 Å². The molecule has 0 saturated heterocycles. The first-order valence-corrected chi connectivity index (χ1v) is 10.1. The number of aromatic nitrogens is 1. The third kappa shape index (κ3) is 2.33. The molecule has 5 nitrogen and oxygen atoms in total. The molecule has 2 aliphatic rings. The van der Waals surface area contributed by atoms with E-state index in [0.29, 0.717) is 0 Å². The van der Waals surface area contributed by atoms with Gasteiger partial charge in [0.2, 0.25) is 5.72 Å². The fraction of sp³-hybridized carbons (Fsp3) is 0.333. The molecular weight excluding hydrogens is 362 g/mol. The number of rotatable bonds is 3. The summed E-state index contributed by atoms with van der Waals surface area (Å²) in [5.74, 6) is 1.65. The number of aliphatic imine (C=N–C) groups is 1. The molecule has 5 rings (SSSR count). The quantitative estimate of drug-likeness (QED) is 0.616. The third-order valence-electron chi connectivity index (χ3n) is 6.27. The highest BCUT2D eigenvalue weighted by molar-refractivity contribution is 5.98. The number of ether oxygens (including phenoxy) is 2. The second-order valence-electron chi connectivity index (χ2n) is 8.20. The molecule has 3 heterocycles. The summed E-state index contributed by atoms with van der Waals surface area (Å²) in [5, 5.41) is 1.01. The maximum atomic E-state index is 6.83. The highest BCUT2D eigenvalue weighted by atomic mass is 16.5. The summed E-state index contributed by atoms with van der Waals surface area (Å²) >= 11 is 0. The van der Waals surface area contributed by atoms with Crippen LogP contribution in [0.5, 0.6) is 11.5 Å². The van der Waals surface area contributed by atoms with Gasteiger partial charge in [0.05, 0.1) is 24.3 Å². The number of nitrogens with zero attached hydrogens (tertiary/aromatic N) is 3. The van der Waals surface area contributed by atoms with Crippen molar-refractivity contribution in [3.8, 4) is 11.5 Å². The minimum absolute atomic E-state index is 0.322. The van der Waals surface area contributed by atoms with Gasteiger partial charge in [0.1, 0.15) is 17.2 Å². The van der Waals surface area contributed by atoms with Crippen molar-refractivity contribution < 1.29 is 9.47 Å². The Morgan fingerprint density at radius 1 is 1.14 bits per heavy atom. The van der Waals surface area contributed by atoms with Crippen molar-refractivity contribution in [1.29, 1.82) is 0 Å². The van der Waals surface area contributed by atoms with Crippen LogP contribution in [0.15, 0.2) is 53.7 Å². The summed E-state index contributed by atoms with van der Waals surface area (Å²) in [4.78, 5) is 11.7. The SMILES string of the molecule is CCCN1c2ccc(OC)cc2C(C)(C)C12C=Nc1c(ccc3ncccc13)O2. The average molecular weight is 387 g/mol. The van der Waals surface area contributed by atoms with Crippen LogP contribution in [0.4, 0.5) is 11.4 Å². The molecule has 1 aromatic heterocycles. The van der Waals surface area contributed by atoms with Crippen LogP contribution in [0.3, 0.4) is 0 Å². The molecule has 1 spiro atoms. The van der Waals surface area contributed by atoms with Crippen molar-refractivity contribution in [3.05, 3.63) is 54.2 Å². The monoisotopic (exact) mass is 387 g/mol. The van der Waals surface area contributed by atoms with Crippen molar-refractivity contribution in [2.45, 2.75) is 38.3 Å². The zero-order valence-corrected chi connectivity index (χ0v) is 17.3. The fourth-order valence-corrected chi connectivity index (χ4v) is 4.69. The van der Waals surface area contributed by atoms with E-state index in [-0.39, 0.29) is 5.41 Å². The Kier molecular flexibility index (Phi) is 3.85. The molecule has 0 amide bonds. The van der Waals surface area contributed by atoms with Crippen LogP contribution in [-0.4, -0.2) is 30.6 Å². The van der Waals surface area contributed by atoms with Crippen molar-refractivity contribution >= 4 is 28.5 Å². The molecule has 2 aliphatic heterocycles. The van der Waals surface area contributed by atoms with Crippen molar-refractivity contribution in [3.63, 3.8) is 0 Å². The van der Waals surface area contributed by atoms with Gasteiger partial charge in [0.15, 0.2) is 0 Å². The lowest BCUT2D eigenvalue weighted by molar-refractivity contribution is 0.0777. The first-order valence-electron chi connectivity index (χ1n) is 10.1. The maximum absolute atomic E-state index is 6.83. The Morgan fingerprint density at radius 3 is 2.79 bits per heavy atom. The van der Waals surface area contributed by atoms with E-state index in [2.05, 4.69) is 42.8 Å². The Hall–Kier alpha value is -3.08. The van der Waals surface area contributed by atoms with E-state index < -0.39 is 5.72 Å². The van der Waals surface area contributed by atoms with Crippen LogP contribution in [-0.2, 0) is 5.41 Å². The molecule has 0 aliphatic carbocycles. The van der Waals surface area contributed by atoms with Crippen molar-refractivity contribution in [1.82, 2.24) is 4.98 Å². The summed E-state index contributed by atoms with van der Waals surface area (Å²) in [7, 11) is 1.71. The number of anilines is 1. The minimum atomic E-state index is -0.694. The largest absolute Gasteiger partial charge is 0.497 e. The minimum Gasteiger partial charge on any atom is -0.497 e. The van der Waals surface area contributed by atoms with Gasteiger partial charge in [-0.25, -0.2) is 0 Å². The second kappa shape index (κ2) is 6.21. The normalized spacial score (nSPS) is 21.2. The molecule has 3 aromatic rings. The molecule has 1 atom stereocenters. The molecule has 29 heavy (non-hydrogen) atoms. The molecule has 2 aromatic carbocycles. The van der Waals surface area contributed by atoms with E-state index in [1.165, 1.54) is 11.3 Å². The van der Waals surface area contributed by atoms with Gasteiger partial charge in [-0.15, -0.1) is 0 Å². The Morgan fingerprint density at radius 2 is 2.00 bits per heavy atom. The molecule has 0 saturated carbocycles. The van der Waals surface area contributed by atoms with E-state index >= 15 is 0 Å². The Labute approximate surface area is 171 Å². The van der Waals surface area contributed by atoms with Gasteiger partial charge in [-0.05, 0) is 68.3 Å². The average Bonchev–Trinajstić information content (AvgIpc) is 2.92. The van der Waals surface area contributed by atoms with E-state index in [1.54, 1.807) is 13.3 Å². The van der Waals surface area contributed by atoms with Gasteiger partial charge in [0, 0.05) is 23.8 Å². The number of hydrogen-bond donors (Lipinski definition) is 0. The van der Waals surface area contributed by atoms with Gasteiger partial charge in [-0.2, -0.15) is 0 Å². The standard InChI is InChI=1S/C24H25N3O2/c1-5-13-27-20-10-8-16(28-4)14-18(20)23(2,3)24(27)15-26-22-17-7-6-12-25-19(17)9-11-21(22)29-24/h6-12,14-15H,5,13H2,1-4H3. The van der Waals surface area contributed by atoms with Crippen LogP contribution < -0.4 is 14.4 Å². The number of fused-ring (bicyclic) bond motifs is 4. The molecule has 0 fully saturated rings. The summed E-state index contributed by atoms with van der Waals surface area (Å²) < 4.78 is 12.3. The van der Waals surface area contributed by atoms with Crippen LogP contribution in [0.2, 0.25) is 0 Å². The third-order valence-corrected chi connectivity index (χ3v) is 6.27. The molecule has 0 radical (unpaired) electrons. The lowest BCUT2D eigenvalue weighted by atomic mass is 9.77. The molecule has 5 heteroatoms. The number of benzene rings is 2. The summed E-state index contributed by atoms with van der Waals surface area (Å²) in [6.45, 7) is 7.51. The first-order chi connectivity index (χ1) is 14.0. The molecule has 0 bridgehead atoms. The Bertz CT molecular complexity index is 1140. The fourth-order valence-electron chi connectivity index (χ4n) is 4.69. The number of pyridine rings is 1. The molecule has 148 valence electrons. The lowest BCUT2D eigenvalue weighted by Crippen LogP contribution is -2.62. The van der Waals surface area contributed by atoms with Crippen LogP contribution in [0, 0.1) is 0 Å². The van der Waals surface area contributed by atoms with E-state index in [4.69, 9.17) is 14.5 Å². The van der Waals surface area contributed by atoms with Crippen molar-refractivity contribution in [2.24, 2.45) is 4.99 Å². The van der Waals surface area contributed by atoms with Gasteiger partial charge in [-0.1, -0.05) is 6.92 Å². The lowest BCUT2D eigenvalue weighted by Gasteiger charge is -2.46. The van der Waals surface area contributed by atoms with Crippen LogP contribution in [0.25, 0.3) is 10.9 Å². The highest BCUT2D eigenvalue weighted by Crippen LogP contribution is 2.55. The van der Waals surface area contributed by atoms with Gasteiger partial charge < -0.3 is 14.4 Å². The van der Waals surface area contributed by atoms with E-state index in [9.17, 15) is 0 Å². The second-order valence-corrected chi connectivity index (χ2v) is 8.20. The Balaban J connectivity index is 1.70. The first kappa shape index (κ1) is 18.0.